The average Bonchev–Trinajstić information content (AvgIpc) is 2.68. The Labute approximate surface area is 167 Å². The Morgan fingerprint density at radius 3 is 2.46 bits per heavy atom. The number of nitrogens with one attached hydrogen (secondary N) is 2. The van der Waals surface area contributed by atoms with Crippen LogP contribution in [0.3, 0.4) is 0 Å². The molecule has 2 heterocycles. The predicted molar refractivity (Wildman–Crippen MR) is 113 cm³/mol. The van der Waals surface area contributed by atoms with Gasteiger partial charge in [-0.25, -0.2) is 9.97 Å². The molecule has 0 saturated carbocycles. The first-order valence-corrected chi connectivity index (χ1v) is 9.91. The van der Waals surface area contributed by atoms with Crippen LogP contribution in [0.2, 0.25) is 0 Å². The molecule has 1 aliphatic rings. The lowest BCUT2D eigenvalue weighted by molar-refractivity contribution is 0.0934. The summed E-state index contributed by atoms with van der Waals surface area (Å²) in [5.74, 6) is 1.01. The van der Waals surface area contributed by atoms with E-state index >= 15 is 0 Å². The molecule has 1 amide bonds. The molecule has 1 fully saturated rings. The molecule has 1 atom stereocenters. The number of hydrogen-bond acceptors (Lipinski definition) is 6. The van der Waals surface area contributed by atoms with E-state index in [9.17, 15) is 4.79 Å². The van der Waals surface area contributed by atoms with Crippen LogP contribution in [0, 0.1) is 6.92 Å². The van der Waals surface area contributed by atoms with Crippen LogP contribution in [0.5, 0.6) is 0 Å². The molecule has 7 nitrogen and oxygen atoms in total. The van der Waals surface area contributed by atoms with E-state index in [1.54, 1.807) is 13.0 Å². The van der Waals surface area contributed by atoms with Gasteiger partial charge < -0.3 is 20.4 Å². The molecule has 0 radical (unpaired) electrons. The van der Waals surface area contributed by atoms with Crippen LogP contribution in [0.1, 0.15) is 36.6 Å². The van der Waals surface area contributed by atoms with Crippen molar-refractivity contribution in [3.05, 3.63) is 41.9 Å². The molecule has 1 unspecified atom stereocenters. The molecule has 7 heteroatoms. The molecule has 1 saturated heterocycles. The lowest BCUT2D eigenvalue weighted by atomic mass is 10.2. The fourth-order valence-corrected chi connectivity index (χ4v) is 3.12. The number of rotatable bonds is 6. The summed E-state index contributed by atoms with van der Waals surface area (Å²) >= 11 is 0. The van der Waals surface area contributed by atoms with Gasteiger partial charge >= 0.3 is 0 Å². The van der Waals surface area contributed by atoms with E-state index in [0.717, 1.165) is 38.3 Å². The van der Waals surface area contributed by atoms with Crippen molar-refractivity contribution in [3.63, 3.8) is 0 Å². The molecule has 1 aromatic carbocycles. The van der Waals surface area contributed by atoms with Crippen molar-refractivity contribution in [2.75, 3.05) is 43.4 Å². The highest BCUT2D eigenvalue weighted by Crippen LogP contribution is 2.21. The first-order chi connectivity index (χ1) is 13.4. The Bertz CT molecular complexity index is 799. The second kappa shape index (κ2) is 9.01. The van der Waals surface area contributed by atoms with Crippen LogP contribution in [0.25, 0.3) is 0 Å². The van der Waals surface area contributed by atoms with Gasteiger partial charge in [-0.2, -0.15) is 0 Å². The number of anilines is 3. The number of carbonyl (C=O) groups excluding carboxylic acids is 1. The van der Waals surface area contributed by atoms with E-state index in [-0.39, 0.29) is 11.9 Å². The number of hydrogen-bond donors (Lipinski definition) is 2. The molecule has 1 aliphatic heterocycles. The largest absolute Gasteiger partial charge is 0.369 e. The third-order valence-corrected chi connectivity index (χ3v) is 5.07. The summed E-state index contributed by atoms with van der Waals surface area (Å²) in [4.78, 5) is 25.8. The maximum Gasteiger partial charge on any atom is 0.270 e. The van der Waals surface area contributed by atoms with E-state index < -0.39 is 0 Å². The Morgan fingerprint density at radius 2 is 1.82 bits per heavy atom. The zero-order chi connectivity index (χ0) is 20.1. The summed E-state index contributed by atoms with van der Waals surface area (Å²) in [5, 5.41) is 6.23. The molecule has 0 aliphatic carbocycles. The molecule has 28 heavy (non-hydrogen) atoms. The second-order valence-electron chi connectivity index (χ2n) is 7.43. The van der Waals surface area contributed by atoms with E-state index in [1.807, 2.05) is 26.0 Å². The topological polar surface area (TPSA) is 73.4 Å². The highest BCUT2D eigenvalue weighted by molar-refractivity contribution is 5.93. The van der Waals surface area contributed by atoms with E-state index in [0.29, 0.717) is 17.3 Å². The fourth-order valence-electron chi connectivity index (χ4n) is 3.12. The van der Waals surface area contributed by atoms with Crippen LogP contribution in [-0.2, 0) is 0 Å². The standard InChI is InChI=1S/C21H30N6O/c1-5-15(2)22-21(28)19-14-20(24-16(3)23-19)25-17-6-8-18(9-7-17)27-12-10-26(4)11-13-27/h6-9,14-15H,5,10-13H2,1-4H3,(H,22,28)(H,23,24,25). The monoisotopic (exact) mass is 382 g/mol. The van der Waals surface area contributed by atoms with Crippen LogP contribution in [-0.4, -0.2) is 60.0 Å². The van der Waals surface area contributed by atoms with Crippen LogP contribution >= 0.6 is 0 Å². The van der Waals surface area contributed by atoms with Gasteiger partial charge in [0.1, 0.15) is 17.3 Å². The highest BCUT2D eigenvalue weighted by atomic mass is 16.1. The van der Waals surface area contributed by atoms with Crippen molar-refractivity contribution in [1.82, 2.24) is 20.2 Å². The molecule has 0 bridgehead atoms. The first-order valence-electron chi connectivity index (χ1n) is 9.91. The number of carbonyl (C=O) groups is 1. The van der Waals surface area contributed by atoms with Crippen molar-refractivity contribution in [1.29, 1.82) is 0 Å². The number of aryl methyl sites for hydroxylation is 1. The SMILES string of the molecule is CCC(C)NC(=O)c1cc(Nc2ccc(N3CCN(C)CC3)cc2)nc(C)n1. The summed E-state index contributed by atoms with van der Waals surface area (Å²) < 4.78 is 0. The maximum atomic E-state index is 12.4. The molecule has 2 aromatic rings. The van der Waals surface area contributed by atoms with Crippen molar-refractivity contribution in [3.8, 4) is 0 Å². The minimum atomic E-state index is -0.173. The van der Waals surface area contributed by atoms with Crippen LogP contribution in [0.4, 0.5) is 17.2 Å². The third-order valence-electron chi connectivity index (χ3n) is 5.07. The molecule has 150 valence electrons. The summed E-state index contributed by atoms with van der Waals surface area (Å²) in [5.41, 5.74) is 2.54. The minimum absolute atomic E-state index is 0.112. The quantitative estimate of drug-likeness (QED) is 0.800. The number of piperazine rings is 1. The van der Waals surface area contributed by atoms with Gasteiger partial charge in [-0.1, -0.05) is 6.92 Å². The molecular weight excluding hydrogens is 352 g/mol. The second-order valence-corrected chi connectivity index (χ2v) is 7.43. The maximum absolute atomic E-state index is 12.4. The summed E-state index contributed by atoms with van der Waals surface area (Å²) in [7, 11) is 2.16. The van der Waals surface area contributed by atoms with Crippen molar-refractivity contribution >= 4 is 23.1 Å². The van der Waals surface area contributed by atoms with Crippen molar-refractivity contribution in [2.24, 2.45) is 0 Å². The molecule has 1 aromatic heterocycles. The van der Waals surface area contributed by atoms with Gasteiger partial charge in [-0.05, 0) is 51.6 Å². The zero-order valence-electron chi connectivity index (χ0n) is 17.2. The van der Waals surface area contributed by atoms with Gasteiger partial charge in [-0.15, -0.1) is 0 Å². The van der Waals surface area contributed by atoms with E-state index in [2.05, 4.69) is 49.6 Å². The normalized spacial score (nSPS) is 15.9. The highest BCUT2D eigenvalue weighted by Gasteiger charge is 2.15. The van der Waals surface area contributed by atoms with Gasteiger partial charge in [-0.3, -0.25) is 4.79 Å². The molecule has 0 spiro atoms. The van der Waals surface area contributed by atoms with Crippen molar-refractivity contribution < 1.29 is 4.79 Å². The predicted octanol–water partition coefficient (Wildman–Crippen LogP) is 2.81. The lowest BCUT2D eigenvalue weighted by Crippen LogP contribution is -2.44. The van der Waals surface area contributed by atoms with Gasteiger partial charge in [0.05, 0.1) is 0 Å². The zero-order valence-corrected chi connectivity index (χ0v) is 17.2. The van der Waals surface area contributed by atoms with Gasteiger partial charge in [0.15, 0.2) is 0 Å². The number of likely N-dealkylation sites (N-methyl/N-ethyl adjacent to an activating group) is 1. The third kappa shape index (κ3) is 5.19. The summed E-state index contributed by atoms with van der Waals surface area (Å²) in [6.07, 6.45) is 0.876. The van der Waals surface area contributed by atoms with E-state index in [4.69, 9.17) is 0 Å². The van der Waals surface area contributed by atoms with Crippen LogP contribution < -0.4 is 15.5 Å². The Hall–Kier alpha value is -2.67. The Kier molecular flexibility index (Phi) is 6.46. The minimum Gasteiger partial charge on any atom is -0.369 e. The summed E-state index contributed by atoms with van der Waals surface area (Å²) in [6, 6.07) is 10.1. The van der Waals surface area contributed by atoms with Gasteiger partial charge in [0, 0.05) is 49.7 Å². The molecular formula is C21H30N6O. The Balaban J connectivity index is 1.68. The molecule has 3 rings (SSSR count). The van der Waals surface area contributed by atoms with Gasteiger partial charge in [0.25, 0.3) is 5.91 Å². The fraction of sp³-hybridized carbons (Fsp3) is 0.476. The first kappa shape index (κ1) is 20.1. The summed E-state index contributed by atoms with van der Waals surface area (Å²) in [6.45, 7) is 10.1. The van der Waals surface area contributed by atoms with Gasteiger partial charge in [0.2, 0.25) is 0 Å². The van der Waals surface area contributed by atoms with Crippen LogP contribution in [0.15, 0.2) is 30.3 Å². The number of amides is 1. The molecule has 2 N–H and O–H groups in total. The average molecular weight is 383 g/mol. The smallest absolute Gasteiger partial charge is 0.270 e. The Morgan fingerprint density at radius 1 is 1.14 bits per heavy atom. The number of nitrogens with zero attached hydrogens (tertiary/aromatic N) is 4. The van der Waals surface area contributed by atoms with E-state index in [1.165, 1.54) is 5.69 Å². The number of aromatic nitrogens is 2. The van der Waals surface area contributed by atoms with Crippen molar-refractivity contribution in [2.45, 2.75) is 33.2 Å². The lowest BCUT2D eigenvalue weighted by Gasteiger charge is -2.34. The number of benzene rings is 1.